The molecule has 2 aliphatic heterocycles. The number of nitrogens with zero attached hydrogens (tertiary/aromatic N) is 3. The topological polar surface area (TPSA) is 63.1 Å². The molecular weight excluding hydrogens is 474 g/mol. The van der Waals surface area contributed by atoms with Gasteiger partial charge in [0.05, 0.1) is 17.2 Å². The molecule has 2 aromatic heterocycles. The van der Waals surface area contributed by atoms with Crippen LogP contribution in [0.5, 0.6) is 0 Å². The molecule has 192 valence electrons. The molecule has 0 radical (unpaired) electrons. The number of nitrogens with one attached hydrogen (secondary N) is 1. The van der Waals surface area contributed by atoms with Gasteiger partial charge in [0.25, 0.3) is 0 Å². The quantitative estimate of drug-likeness (QED) is 0.382. The molecule has 6 nitrogen and oxygen atoms in total. The number of benzene rings is 2. The monoisotopic (exact) mass is 504 g/mol. The lowest BCUT2D eigenvalue weighted by Gasteiger charge is -2.59. The maximum absolute atomic E-state index is 14.5. The van der Waals surface area contributed by atoms with E-state index in [4.69, 9.17) is 4.74 Å². The number of carbonyl (C=O) groups is 1. The Labute approximate surface area is 213 Å². The van der Waals surface area contributed by atoms with E-state index in [2.05, 4.69) is 26.9 Å². The number of halogens is 2. The van der Waals surface area contributed by atoms with Gasteiger partial charge in [-0.05, 0) is 61.4 Å². The van der Waals surface area contributed by atoms with Crippen molar-refractivity contribution < 1.29 is 18.3 Å². The van der Waals surface area contributed by atoms with E-state index in [1.165, 1.54) is 23.4 Å². The van der Waals surface area contributed by atoms with Gasteiger partial charge in [0.1, 0.15) is 0 Å². The number of aromatic amines is 1. The van der Waals surface area contributed by atoms with Crippen LogP contribution in [0.3, 0.4) is 0 Å². The first-order chi connectivity index (χ1) is 18.0. The van der Waals surface area contributed by atoms with Gasteiger partial charge in [-0.15, -0.1) is 0 Å². The number of likely N-dealkylation sites (tertiary alicyclic amines) is 1. The van der Waals surface area contributed by atoms with Crippen LogP contribution in [0.2, 0.25) is 0 Å². The number of fused-ring (bicyclic) bond motifs is 2. The summed E-state index contributed by atoms with van der Waals surface area (Å²) in [4.78, 5) is 14.1. The van der Waals surface area contributed by atoms with Gasteiger partial charge >= 0.3 is 0 Å². The Morgan fingerprint density at radius 1 is 1.11 bits per heavy atom. The summed E-state index contributed by atoms with van der Waals surface area (Å²) in [5.74, 6) is -0.847. The van der Waals surface area contributed by atoms with Crippen LogP contribution < -0.4 is 0 Å². The van der Waals surface area contributed by atoms with Crippen molar-refractivity contribution in [2.75, 3.05) is 26.3 Å². The first-order valence-electron chi connectivity index (χ1n) is 13.3. The van der Waals surface area contributed by atoms with Gasteiger partial charge in [0.2, 0.25) is 5.91 Å². The summed E-state index contributed by atoms with van der Waals surface area (Å²) in [6.45, 7) is 4.98. The highest BCUT2D eigenvalue weighted by Crippen LogP contribution is 2.59. The molecule has 4 heterocycles. The zero-order chi connectivity index (χ0) is 25.3. The van der Waals surface area contributed by atoms with Gasteiger partial charge in [-0.1, -0.05) is 6.92 Å². The standard InChI is InChI=1S/C29H30F2N4O2/c1-2-26(36)34-15-29(16-34)12-19(13-29)27-21-11-24-18(14-32-33-24)9-25(21)35(20-3-4-22(30)23(31)10-20)28(27)17-5-7-37-8-6-17/h3-4,9-11,14,17,19H,2,5-8,12-13,15-16H2,1H3,(H,32,33). The van der Waals surface area contributed by atoms with Crippen molar-refractivity contribution in [2.24, 2.45) is 5.41 Å². The fourth-order valence-electron chi connectivity index (χ4n) is 7.08. The number of ether oxygens (including phenoxy) is 1. The smallest absolute Gasteiger partial charge is 0.222 e. The summed E-state index contributed by atoms with van der Waals surface area (Å²) in [6, 6.07) is 8.48. The van der Waals surface area contributed by atoms with E-state index >= 15 is 0 Å². The lowest BCUT2D eigenvalue weighted by molar-refractivity contribution is -0.151. The molecule has 1 aliphatic carbocycles. The fourth-order valence-corrected chi connectivity index (χ4v) is 7.08. The third-order valence-corrected chi connectivity index (χ3v) is 8.85. The third-order valence-electron chi connectivity index (χ3n) is 8.85. The summed E-state index contributed by atoms with van der Waals surface area (Å²) in [5, 5.41) is 9.47. The van der Waals surface area contributed by atoms with Crippen LogP contribution in [0, 0.1) is 17.0 Å². The summed E-state index contributed by atoms with van der Waals surface area (Å²) in [5.41, 5.74) is 5.31. The molecule has 37 heavy (non-hydrogen) atoms. The zero-order valence-corrected chi connectivity index (χ0v) is 20.9. The Hall–Kier alpha value is -3.26. The Kier molecular flexibility index (Phi) is 5.19. The molecule has 4 aromatic rings. The molecule has 0 unspecified atom stereocenters. The van der Waals surface area contributed by atoms with E-state index in [1.54, 1.807) is 12.3 Å². The molecule has 0 bridgehead atoms. The predicted molar refractivity (Wildman–Crippen MR) is 137 cm³/mol. The van der Waals surface area contributed by atoms with Gasteiger partial charge in [-0.25, -0.2) is 8.78 Å². The zero-order valence-electron chi connectivity index (χ0n) is 20.9. The highest BCUT2D eigenvalue weighted by molar-refractivity contribution is 5.99. The van der Waals surface area contributed by atoms with Crippen LogP contribution >= 0.6 is 0 Å². The average molecular weight is 505 g/mol. The van der Waals surface area contributed by atoms with Crippen LogP contribution in [0.4, 0.5) is 8.78 Å². The molecule has 8 heteroatoms. The molecule has 0 atom stereocenters. The largest absolute Gasteiger partial charge is 0.381 e. The maximum atomic E-state index is 14.5. The van der Waals surface area contributed by atoms with E-state index in [-0.39, 0.29) is 17.2 Å². The van der Waals surface area contributed by atoms with Crippen molar-refractivity contribution in [1.82, 2.24) is 19.7 Å². The van der Waals surface area contributed by atoms with Crippen LogP contribution in [0.25, 0.3) is 27.5 Å². The summed E-state index contributed by atoms with van der Waals surface area (Å²) < 4.78 is 36.3. The summed E-state index contributed by atoms with van der Waals surface area (Å²) in [6.07, 6.45) is 6.21. The van der Waals surface area contributed by atoms with E-state index in [0.29, 0.717) is 31.2 Å². The van der Waals surface area contributed by atoms with E-state index in [1.807, 2.05) is 11.8 Å². The minimum Gasteiger partial charge on any atom is -0.381 e. The molecule has 3 fully saturated rings. The van der Waals surface area contributed by atoms with E-state index in [0.717, 1.165) is 60.6 Å². The Bertz CT molecular complexity index is 1520. The van der Waals surface area contributed by atoms with E-state index < -0.39 is 11.6 Å². The van der Waals surface area contributed by atoms with Crippen molar-refractivity contribution in [3.8, 4) is 5.69 Å². The third kappa shape index (κ3) is 3.52. The molecule has 1 amide bonds. The number of H-pyrrole nitrogens is 1. The summed E-state index contributed by atoms with van der Waals surface area (Å²) in [7, 11) is 0. The molecular formula is C29H30F2N4O2. The number of aromatic nitrogens is 3. The minimum absolute atomic E-state index is 0.205. The van der Waals surface area contributed by atoms with Gasteiger partial charge < -0.3 is 14.2 Å². The van der Waals surface area contributed by atoms with Crippen LogP contribution in [-0.4, -0.2) is 51.9 Å². The lowest BCUT2D eigenvalue weighted by atomic mass is 9.55. The van der Waals surface area contributed by atoms with Crippen LogP contribution in [0.1, 0.15) is 62.1 Å². The van der Waals surface area contributed by atoms with Crippen LogP contribution in [0.15, 0.2) is 36.5 Å². The average Bonchev–Trinajstić information content (AvgIpc) is 3.45. The highest BCUT2D eigenvalue weighted by atomic mass is 19.2. The molecule has 1 saturated carbocycles. The molecule has 2 aromatic carbocycles. The van der Waals surface area contributed by atoms with Crippen molar-refractivity contribution in [1.29, 1.82) is 0 Å². The summed E-state index contributed by atoms with van der Waals surface area (Å²) >= 11 is 0. The Morgan fingerprint density at radius 2 is 1.89 bits per heavy atom. The molecule has 1 N–H and O–H groups in total. The van der Waals surface area contributed by atoms with Crippen molar-refractivity contribution in [3.63, 3.8) is 0 Å². The first-order valence-corrected chi connectivity index (χ1v) is 13.3. The van der Waals surface area contributed by atoms with Gasteiger partial charge in [-0.3, -0.25) is 9.89 Å². The minimum atomic E-state index is -0.846. The van der Waals surface area contributed by atoms with Crippen molar-refractivity contribution >= 4 is 27.7 Å². The van der Waals surface area contributed by atoms with Crippen LogP contribution in [-0.2, 0) is 9.53 Å². The van der Waals surface area contributed by atoms with Gasteiger partial charge in [0, 0.05) is 72.3 Å². The second-order valence-electron chi connectivity index (χ2n) is 11.2. The van der Waals surface area contributed by atoms with Crippen molar-refractivity contribution in [2.45, 2.75) is 50.9 Å². The fraction of sp³-hybridized carbons (Fsp3) is 0.448. The Morgan fingerprint density at radius 3 is 2.62 bits per heavy atom. The first kappa shape index (κ1) is 22.9. The SMILES string of the molecule is CCC(=O)N1CC2(CC(c3c(C4CCOCC4)n(-c4ccc(F)c(F)c4)c4cc5cn[nH]c5cc34)C2)C1. The number of amides is 1. The van der Waals surface area contributed by atoms with Gasteiger partial charge in [0.15, 0.2) is 11.6 Å². The van der Waals surface area contributed by atoms with Gasteiger partial charge in [-0.2, -0.15) is 5.10 Å². The van der Waals surface area contributed by atoms with Crippen molar-refractivity contribution in [3.05, 3.63) is 59.4 Å². The second-order valence-corrected chi connectivity index (χ2v) is 11.2. The normalized spacial score (nSPS) is 20.0. The number of carbonyl (C=O) groups excluding carboxylic acids is 1. The molecule has 1 spiro atoms. The molecule has 7 rings (SSSR count). The number of hydrogen-bond donors (Lipinski definition) is 1. The second kappa shape index (κ2) is 8.38. The maximum Gasteiger partial charge on any atom is 0.222 e. The number of hydrogen-bond acceptors (Lipinski definition) is 3. The highest BCUT2D eigenvalue weighted by Gasteiger charge is 2.54. The number of rotatable bonds is 4. The molecule has 2 saturated heterocycles. The van der Waals surface area contributed by atoms with E-state index in [9.17, 15) is 13.6 Å². The lowest BCUT2D eigenvalue weighted by Crippen LogP contribution is -2.63. The predicted octanol–water partition coefficient (Wildman–Crippen LogP) is 5.80. The molecule has 3 aliphatic rings. The Balaban J connectivity index is 1.40.